The van der Waals surface area contributed by atoms with Crippen molar-refractivity contribution in [3.8, 4) is 17.6 Å². The van der Waals surface area contributed by atoms with Crippen molar-refractivity contribution in [2.45, 2.75) is 13.3 Å². The third-order valence-corrected chi connectivity index (χ3v) is 6.78. The summed E-state index contributed by atoms with van der Waals surface area (Å²) in [5, 5.41) is 9.91. The number of halogens is 1. The smallest absolute Gasteiger partial charge is 0.301 e. The molecule has 168 valence electrons. The first-order chi connectivity index (χ1) is 15.2. The molecule has 9 nitrogen and oxygen atoms in total. The molecule has 3 aromatic rings. The summed E-state index contributed by atoms with van der Waals surface area (Å²) in [5.41, 5.74) is -0.285. The van der Waals surface area contributed by atoms with Crippen molar-refractivity contribution < 1.29 is 19.0 Å². The van der Waals surface area contributed by atoms with Gasteiger partial charge in [-0.25, -0.2) is 9.37 Å². The maximum Gasteiger partial charge on any atom is 0.301 e. The molecule has 1 aliphatic rings. The Balaban J connectivity index is 0.00000306. The van der Waals surface area contributed by atoms with E-state index in [0.29, 0.717) is 18.6 Å². The number of aryl methyl sites for hydroxylation is 1. The summed E-state index contributed by atoms with van der Waals surface area (Å²) in [6.45, 7) is 2.68. The van der Waals surface area contributed by atoms with E-state index in [4.69, 9.17) is 4.74 Å². The van der Waals surface area contributed by atoms with Crippen LogP contribution in [0.4, 0.5) is 10.1 Å². The van der Waals surface area contributed by atoms with E-state index in [1.54, 1.807) is 7.05 Å². The van der Waals surface area contributed by atoms with Crippen molar-refractivity contribution in [2.24, 2.45) is 13.0 Å². The topological polar surface area (TPSA) is 117 Å². The standard InChI is InChI=1S/C21H20FN5O4S.H2/c1-13-7-8-27(11-13)32(29,30)25-19-6-4-17(22)20(16(19)10-23)31-14-3-5-18-15(9-14)21(28)26(2)12-24-18;/h3-6,9,12-13,25H,7-8,11H2,1-2H3;1H/t13-;/m0./s1. The zero-order valence-corrected chi connectivity index (χ0v) is 18.2. The molecule has 32 heavy (non-hydrogen) atoms. The zero-order chi connectivity index (χ0) is 23.0. The van der Waals surface area contributed by atoms with Crippen LogP contribution in [0.25, 0.3) is 10.9 Å². The highest BCUT2D eigenvalue weighted by atomic mass is 32.2. The normalized spacial score (nSPS) is 16.8. The largest absolute Gasteiger partial charge is 0.453 e. The van der Waals surface area contributed by atoms with Gasteiger partial charge in [-0.2, -0.15) is 18.0 Å². The molecule has 2 heterocycles. The molecule has 11 heteroatoms. The molecule has 4 rings (SSSR count). The van der Waals surface area contributed by atoms with Crippen molar-refractivity contribution in [1.29, 1.82) is 5.26 Å². The molecule has 1 fully saturated rings. The van der Waals surface area contributed by atoms with Crippen LogP contribution in [-0.4, -0.2) is 35.4 Å². The summed E-state index contributed by atoms with van der Waals surface area (Å²) in [6.07, 6.45) is 2.12. The fraction of sp³-hybridized carbons (Fsp3) is 0.286. The molecule has 0 unspecified atom stereocenters. The molecule has 0 aliphatic carbocycles. The number of anilines is 1. The van der Waals surface area contributed by atoms with Gasteiger partial charge < -0.3 is 9.30 Å². The van der Waals surface area contributed by atoms with Gasteiger partial charge >= 0.3 is 10.2 Å². The molecule has 0 spiro atoms. The Morgan fingerprint density at radius 1 is 1.34 bits per heavy atom. The van der Waals surface area contributed by atoms with Gasteiger partial charge in [0.05, 0.1) is 22.9 Å². The number of rotatable bonds is 5. The Morgan fingerprint density at radius 2 is 2.12 bits per heavy atom. The van der Waals surface area contributed by atoms with Gasteiger partial charge in [-0.15, -0.1) is 0 Å². The van der Waals surface area contributed by atoms with Crippen molar-refractivity contribution in [1.82, 2.24) is 13.9 Å². The summed E-state index contributed by atoms with van der Waals surface area (Å²) >= 11 is 0. The van der Waals surface area contributed by atoms with Crippen LogP contribution in [0, 0.1) is 23.1 Å². The van der Waals surface area contributed by atoms with Gasteiger partial charge in [0, 0.05) is 21.6 Å². The minimum Gasteiger partial charge on any atom is -0.453 e. The van der Waals surface area contributed by atoms with Crippen LogP contribution >= 0.6 is 0 Å². The number of hydrogen-bond acceptors (Lipinski definition) is 6. The van der Waals surface area contributed by atoms with Crippen LogP contribution in [0.5, 0.6) is 11.5 Å². The fourth-order valence-corrected chi connectivity index (χ4v) is 4.91. The average molecular weight is 460 g/mol. The maximum absolute atomic E-state index is 14.6. The molecule has 1 N–H and O–H groups in total. The van der Waals surface area contributed by atoms with Crippen LogP contribution in [-0.2, 0) is 17.3 Å². The third-order valence-electron chi connectivity index (χ3n) is 5.30. The summed E-state index contributed by atoms with van der Waals surface area (Å²) < 4.78 is 50.6. The SMILES string of the molecule is C[C@H]1CCN(S(=O)(=O)Nc2ccc(F)c(Oc3ccc4ncn(C)c(=O)c4c3)c2C#N)C1.[HH]. The molecule has 1 saturated heterocycles. The highest BCUT2D eigenvalue weighted by Crippen LogP contribution is 2.34. The number of aromatic nitrogens is 2. The van der Waals surface area contributed by atoms with E-state index in [-0.39, 0.29) is 35.3 Å². The van der Waals surface area contributed by atoms with Gasteiger partial charge in [0.1, 0.15) is 17.4 Å². The number of fused-ring (bicyclic) bond motifs is 1. The molecule has 0 radical (unpaired) electrons. The van der Waals surface area contributed by atoms with Crippen LogP contribution < -0.4 is 15.0 Å². The van der Waals surface area contributed by atoms with E-state index >= 15 is 0 Å². The lowest BCUT2D eigenvalue weighted by Crippen LogP contribution is -2.34. The van der Waals surface area contributed by atoms with E-state index < -0.39 is 21.8 Å². The van der Waals surface area contributed by atoms with Gasteiger partial charge in [-0.3, -0.25) is 9.52 Å². The fourth-order valence-electron chi connectivity index (χ4n) is 3.54. The van der Waals surface area contributed by atoms with E-state index in [0.717, 1.165) is 12.5 Å². The lowest BCUT2D eigenvalue weighted by molar-refractivity contribution is 0.441. The Morgan fingerprint density at radius 3 is 2.81 bits per heavy atom. The molecule has 0 amide bonds. The van der Waals surface area contributed by atoms with Crippen LogP contribution in [0.3, 0.4) is 0 Å². The van der Waals surface area contributed by atoms with Gasteiger partial charge in [-0.1, -0.05) is 6.92 Å². The summed E-state index contributed by atoms with van der Waals surface area (Å²) in [7, 11) is -2.37. The van der Waals surface area contributed by atoms with E-state index in [1.807, 2.05) is 13.0 Å². The minimum atomic E-state index is -3.92. The molecule has 0 bridgehead atoms. The molecule has 0 saturated carbocycles. The second-order valence-corrected chi connectivity index (χ2v) is 9.38. The molecule has 2 aromatic carbocycles. The number of nitrogens with one attached hydrogen (secondary N) is 1. The number of benzene rings is 2. The predicted octanol–water partition coefficient (Wildman–Crippen LogP) is 2.98. The first-order valence-electron chi connectivity index (χ1n) is 9.83. The van der Waals surface area contributed by atoms with Crippen molar-refractivity contribution in [3.63, 3.8) is 0 Å². The van der Waals surface area contributed by atoms with Gasteiger partial charge in [0.15, 0.2) is 11.6 Å². The second-order valence-electron chi connectivity index (χ2n) is 7.71. The molecular formula is C21H22FN5O4S. The molecule has 1 aliphatic heterocycles. The monoisotopic (exact) mass is 459 g/mol. The third kappa shape index (κ3) is 4.02. The lowest BCUT2D eigenvalue weighted by Gasteiger charge is -2.19. The van der Waals surface area contributed by atoms with Gasteiger partial charge in [0.25, 0.3) is 5.56 Å². The predicted molar refractivity (Wildman–Crippen MR) is 118 cm³/mol. The number of ether oxygens (including phenoxy) is 1. The quantitative estimate of drug-likeness (QED) is 0.627. The Bertz CT molecular complexity index is 1420. The second kappa shape index (κ2) is 8.22. The molecule has 1 aromatic heterocycles. The van der Waals surface area contributed by atoms with Crippen LogP contribution in [0.15, 0.2) is 41.5 Å². The summed E-state index contributed by atoms with van der Waals surface area (Å²) in [5.74, 6) is -0.961. The summed E-state index contributed by atoms with van der Waals surface area (Å²) in [6, 6.07) is 8.43. The van der Waals surface area contributed by atoms with E-state index in [1.165, 1.54) is 39.5 Å². The number of nitriles is 1. The van der Waals surface area contributed by atoms with Crippen molar-refractivity contribution in [2.75, 3.05) is 17.8 Å². The number of nitrogens with zero attached hydrogens (tertiary/aromatic N) is 4. The number of hydrogen-bond donors (Lipinski definition) is 1. The first kappa shape index (κ1) is 21.7. The van der Waals surface area contributed by atoms with Crippen molar-refractivity contribution in [3.05, 3.63) is 58.4 Å². The van der Waals surface area contributed by atoms with E-state index in [2.05, 4.69) is 9.71 Å². The maximum atomic E-state index is 14.6. The summed E-state index contributed by atoms with van der Waals surface area (Å²) in [4.78, 5) is 16.5. The molecule has 1 atom stereocenters. The highest BCUT2D eigenvalue weighted by Gasteiger charge is 2.30. The molecular weight excluding hydrogens is 437 g/mol. The Labute approximate surface area is 185 Å². The van der Waals surface area contributed by atoms with Crippen LogP contribution in [0.2, 0.25) is 0 Å². The average Bonchev–Trinajstić information content (AvgIpc) is 3.21. The minimum absolute atomic E-state index is 0. The van der Waals surface area contributed by atoms with Gasteiger partial charge in [0.2, 0.25) is 0 Å². The van der Waals surface area contributed by atoms with Gasteiger partial charge in [-0.05, 0) is 42.7 Å². The highest BCUT2D eigenvalue weighted by molar-refractivity contribution is 7.90. The van der Waals surface area contributed by atoms with E-state index in [9.17, 15) is 22.9 Å². The Kier molecular flexibility index (Phi) is 5.58. The Hall–Kier alpha value is -3.49. The van der Waals surface area contributed by atoms with Crippen LogP contribution in [0.1, 0.15) is 20.3 Å². The zero-order valence-electron chi connectivity index (χ0n) is 17.4. The first-order valence-corrected chi connectivity index (χ1v) is 11.3. The van der Waals surface area contributed by atoms with Crippen molar-refractivity contribution >= 4 is 26.8 Å². The lowest BCUT2D eigenvalue weighted by atomic mass is 10.1.